The number of carbonyl (C=O) groups excluding carboxylic acids is 2. The molecule has 0 bridgehead atoms. The highest BCUT2D eigenvalue weighted by Crippen LogP contribution is 2.44. The van der Waals surface area contributed by atoms with Crippen LogP contribution in [-0.4, -0.2) is 48.1 Å². The Bertz CT molecular complexity index is 1450. The number of hydrogen-bond donors (Lipinski definition) is 2. The Hall–Kier alpha value is -4.46. The quantitative estimate of drug-likeness (QED) is 0.441. The van der Waals surface area contributed by atoms with E-state index in [1.807, 2.05) is 48.5 Å². The summed E-state index contributed by atoms with van der Waals surface area (Å²) in [5.74, 6) is -1.75. The predicted octanol–water partition coefficient (Wildman–Crippen LogP) is 5.35. The van der Waals surface area contributed by atoms with E-state index in [1.165, 1.54) is 4.90 Å². The Labute approximate surface area is 232 Å². The molecule has 3 aromatic carbocycles. The third kappa shape index (κ3) is 4.85. The molecular formula is C32H31N3O5. The maximum Gasteiger partial charge on any atom is 0.409 e. The highest BCUT2D eigenvalue weighted by molar-refractivity contribution is 6.14. The van der Waals surface area contributed by atoms with Gasteiger partial charge in [0.1, 0.15) is 13.2 Å². The van der Waals surface area contributed by atoms with Crippen molar-refractivity contribution in [1.29, 1.82) is 0 Å². The fourth-order valence-corrected chi connectivity index (χ4v) is 6.30. The number of fused-ring (bicyclic) bond motifs is 4. The van der Waals surface area contributed by atoms with Crippen molar-refractivity contribution in [1.82, 2.24) is 5.32 Å². The standard InChI is InChI=1S/C32H31N3O5/c36-28(37)18-35-27-17-9-8-16-25(27)29(20-10-2-1-3-11-20)33-30(31(35)38)34-32(39)40-19-26-23-14-6-4-12-21(23)22-13-5-7-15-24(22)26/h4-9,12-17,20,26,30H,1-3,10-11,18-19H2,(H,34,39)(H,36,37)/t30-/m0/s1. The van der Waals surface area contributed by atoms with E-state index in [1.54, 1.807) is 12.1 Å². The van der Waals surface area contributed by atoms with Crippen LogP contribution < -0.4 is 10.2 Å². The fraction of sp³-hybridized carbons (Fsp3) is 0.312. The highest BCUT2D eigenvalue weighted by atomic mass is 16.5. The van der Waals surface area contributed by atoms with Crippen LogP contribution in [0.3, 0.4) is 0 Å². The molecule has 0 unspecified atom stereocenters. The van der Waals surface area contributed by atoms with E-state index in [-0.39, 0.29) is 18.4 Å². The first-order valence-electron chi connectivity index (χ1n) is 13.8. The van der Waals surface area contributed by atoms with Gasteiger partial charge in [0, 0.05) is 17.4 Å². The summed E-state index contributed by atoms with van der Waals surface area (Å²) < 4.78 is 5.70. The lowest BCUT2D eigenvalue weighted by Crippen LogP contribution is -2.49. The maximum atomic E-state index is 13.7. The number of carbonyl (C=O) groups is 3. The summed E-state index contributed by atoms with van der Waals surface area (Å²) in [5.41, 5.74) is 6.38. The molecule has 2 amide bonds. The number of anilines is 1. The molecule has 3 aromatic rings. The second-order valence-corrected chi connectivity index (χ2v) is 10.6. The van der Waals surface area contributed by atoms with Gasteiger partial charge >= 0.3 is 12.1 Å². The van der Waals surface area contributed by atoms with Crippen LogP contribution in [0, 0.1) is 5.92 Å². The molecule has 8 nitrogen and oxygen atoms in total. The molecule has 1 saturated carbocycles. The van der Waals surface area contributed by atoms with E-state index in [9.17, 15) is 19.5 Å². The molecule has 204 valence electrons. The molecule has 0 aromatic heterocycles. The zero-order valence-corrected chi connectivity index (χ0v) is 22.1. The molecule has 0 radical (unpaired) electrons. The number of aliphatic carboxylic acids is 1. The summed E-state index contributed by atoms with van der Waals surface area (Å²) in [6.07, 6.45) is 3.06. The number of rotatable bonds is 6. The van der Waals surface area contributed by atoms with E-state index in [2.05, 4.69) is 17.4 Å². The predicted molar refractivity (Wildman–Crippen MR) is 152 cm³/mol. The molecule has 1 fully saturated rings. The number of carboxylic acid groups (broad SMARTS) is 1. The van der Waals surface area contributed by atoms with Gasteiger partial charge in [-0.1, -0.05) is 86.0 Å². The van der Waals surface area contributed by atoms with Crippen molar-refractivity contribution in [3.8, 4) is 11.1 Å². The van der Waals surface area contributed by atoms with Gasteiger partial charge in [-0.05, 0) is 41.2 Å². The smallest absolute Gasteiger partial charge is 0.409 e. The summed E-state index contributed by atoms with van der Waals surface area (Å²) in [4.78, 5) is 44.6. The van der Waals surface area contributed by atoms with Crippen molar-refractivity contribution >= 4 is 29.4 Å². The number of hydrogen-bond acceptors (Lipinski definition) is 5. The van der Waals surface area contributed by atoms with E-state index in [4.69, 9.17) is 9.73 Å². The molecule has 8 heteroatoms. The largest absolute Gasteiger partial charge is 0.480 e. The lowest BCUT2D eigenvalue weighted by Gasteiger charge is -2.25. The van der Waals surface area contributed by atoms with Gasteiger partial charge in [0.25, 0.3) is 5.91 Å². The van der Waals surface area contributed by atoms with Crippen LogP contribution in [0.25, 0.3) is 11.1 Å². The molecule has 40 heavy (non-hydrogen) atoms. The minimum atomic E-state index is -1.29. The number of alkyl carbamates (subject to hydrolysis) is 1. The third-order valence-corrected chi connectivity index (χ3v) is 8.12. The minimum absolute atomic E-state index is 0.0963. The SMILES string of the molecule is O=C(O)CN1C(=O)[C@H](NC(=O)OCC2c3ccccc3-c3ccccc32)N=C(C2CCCCC2)c2ccccc21. The molecule has 6 rings (SSSR count). The Balaban J connectivity index is 1.26. The van der Waals surface area contributed by atoms with Gasteiger partial charge in [-0.2, -0.15) is 0 Å². The van der Waals surface area contributed by atoms with Gasteiger partial charge in [0.2, 0.25) is 6.17 Å². The lowest BCUT2D eigenvalue weighted by atomic mass is 9.83. The maximum absolute atomic E-state index is 13.7. The molecule has 0 saturated heterocycles. The number of para-hydroxylation sites is 1. The number of nitrogens with zero attached hydrogens (tertiary/aromatic N) is 2. The first-order chi connectivity index (χ1) is 19.5. The van der Waals surface area contributed by atoms with Crippen molar-refractivity contribution in [3.05, 3.63) is 89.5 Å². The number of ether oxygens (including phenoxy) is 1. The van der Waals surface area contributed by atoms with Crippen LogP contribution in [-0.2, 0) is 14.3 Å². The molecule has 1 heterocycles. The van der Waals surface area contributed by atoms with Gasteiger partial charge in [-0.3, -0.25) is 24.8 Å². The van der Waals surface area contributed by atoms with Crippen molar-refractivity contribution in [3.63, 3.8) is 0 Å². The van der Waals surface area contributed by atoms with Crippen molar-refractivity contribution < 1.29 is 24.2 Å². The topological polar surface area (TPSA) is 108 Å². The van der Waals surface area contributed by atoms with E-state index < -0.39 is 30.7 Å². The van der Waals surface area contributed by atoms with Crippen LogP contribution in [0.2, 0.25) is 0 Å². The Morgan fingerprint density at radius 2 is 1.48 bits per heavy atom. The average molecular weight is 538 g/mol. The van der Waals surface area contributed by atoms with Gasteiger partial charge in [-0.15, -0.1) is 0 Å². The van der Waals surface area contributed by atoms with Gasteiger partial charge < -0.3 is 9.84 Å². The van der Waals surface area contributed by atoms with Gasteiger partial charge in [0.15, 0.2) is 0 Å². The second-order valence-electron chi connectivity index (χ2n) is 10.6. The number of aliphatic imine (C=N–C) groups is 1. The number of amides is 2. The molecule has 1 atom stereocenters. The zero-order chi connectivity index (χ0) is 27.6. The summed E-state index contributed by atoms with van der Waals surface area (Å²) in [6.45, 7) is -0.439. The second kappa shape index (κ2) is 11.0. The molecule has 2 N–H and O–H groups in total. The van der Waals surface area contributed by atoms with E-state index >= 15 is 0 Å². The third-order valence-electron chi connectivity index (χ3n) is 8.12. The van der Waals surface area contributed by atoms with Crippen LogP contribution in [0.5, 0.6) is 0 Å². The van der Waals surface area contributed by atoms with Crippen LogP contribution in [0.4, 0.5) is 10.5 Å². The lowest BCUT2D eigenvalue weighted by molar-refractivity contribution is -0.136. The molecule has 0 spiro atoms. The molecule has 3 aliphatic rings. The molecule has 1 aliphatic heterocycles. The average Bonchev–Trinajstić information content (AvgIpc) is 3.25. The monoisotopic (exact) mass is 537 g/mol. The first kappa shape index (κ1) is 25.8. The summed E-state index contributed by atoms with van der Waals surface area (Å²) in [5, 5.41) is 12.3. The van der Waals surface area contributed by atoms with Gasteiger partial charge in [0.05, 0.1) is 11.4 Å². The van der Waals surface area contributed by atoms with Crippen molar-refractivity contribution in [2.45, 2.75) is 44.2 Å². The van der Waals surface area contributed by atoms with E-state index in [0.29, 0.717) is 5.69 Å². The van der Waals surface area contributed by atoms with Crippen LogP contribution >= 0.6 is 0 Å². The van der Waals surface area contributed by atoms with Crippen molar-refractivity contribution in [2.24, 2.45) is 10.9 Å². The summed E-state index contributed by atoms with van der Waals surface area (Å²) >= 11 is 0. The number of carboxylic acids is 1. The Morgan fingerprint density at radius 1 is 0.875 bits per heavy atom. The Kier molecular flexibility index (Phi) is 7.07. The van der Waals surface area contributed by atoms with Gasteiger partial charge in [-0.25, -0.2) is 4.79 Å². The number of nitrogens with one attached hydrogen (secondary N) is 1. The van der Waals surface area contributed by atoms with Crippen LogP contribution in [0.1, 0.15) is 54.7 Å². The Morgan fingerprint density at radius 3 is 2.12 bits per heavy atom. The molecular weight excluding hydrogens is 506 g/mol. The summed E-state index contributed by atoms with van der Waals surface area (Å²) in [7, 11) is 0. The number of benzodiazepines with no additional fused rings is 1. The van der Waals surface area contributed by atoms with Crippen LogP contribution in [0.15, 0.2) is 77.8 Å². The van der Waals surface area contributed by atoms with Crippen molar-refractivity contribution in [2.75, 3.05) is 18.1 Å². The highest BCUT2D eigenvalue weighted by Gasteiger charge is 2.36. The first-order valence-corrected chi connectivity index (χ1v) is 13.8. The summed E-state index contributed by atoms with van der Waals surface area (Å²) in [6, 6.07) is 23.4. The molecule has 2 aliphatic carbocycles. The minimum Gasteiger partial charge on any atom is -0.480 e. The zero-order valence-electron chi connectivity index (χ0n) is 22.1. The normalized spacial score (nSPS) is 18.7. The van der Waals surface area contributed by atoms with E-state index in [0.717, 1.165) is 65.6 Å². The fourth-order valence-electron chi connectivity index (χ4n) is 6.30. The number of benzene rings is 3.